The van der Waals surface area contributed by atoms with Crippen LogP contribution in [0, 0.1) is 0 Å². The number of nitrogens with two attached hydrogens (primary N) is 1. The van der Waals surface area contributed by atoms with Gasteiger partial charge in [0.25, 0.3) is 5.82 Å². The summed E-state index contributed by atoms with van der Waals surface area (Å²) in [6.07, 6.45) is -4.55. The second kappa shape index (κ2) is 7.33. The number of hydrogen-bond donors (Lipinski definition) is 2. The molecule has 0 amide bonds. The van der Waals surface area contributed by atoms with Crippen molar-refractivity contribution in [1.82, 2.24) is 20.1 Å². The van der Waals surface area contributed by atoms with Gasteiger partial charge in [-0.1, -0.05) is 0 Å². The van der Waals surface area contributed by atoms with Crippen LogP contribution in [-0.2, 0) is 12.7 Å². The molecule has 1 aromatic rings. The standard InChI is InChI=1S/C9H13F3N6S.HI/c10-9(11,12)7-15-6(16-17-7)5-14-8(13)18-1-3-19-4-2-18;/h1-5H2,(H2,13,14)(H,15,16,17);1H. The van der Waals surface area contributed by atoms with Crippen molar-refractivity contribution in [1.29, 1.82) is 0 Å². The average molecular weight is 422 g/mol. The van der Waals surface area contributed by atoms with Crippen LogP contribution in [0.4, 0.5) is 13.2 Å². The Bertz CT molecular complexity index is 457. The fourth-order valence-electron chi connectivity index (χ4n) is 1.54. The summed E-state index contributed by atoms with van der Waals surface area (Å²) in [6.45, 7) is 1.55. The third kappa shape index (κ3) is 4.68. The Balaban J connectivity index is 0.00000200. The number of aromatic amines is 1. The van der Waals surface area contributed by atoms with E-state index >= 15 is 0 Å². The van der Waals surface area contributed by atoms with Crippen LogP contribution in [0.15, 0.2) is 4.99 Å². The number of nitrogens with zero attached hydrogens (tertiary/aromatic N) is 4. The Labute approximate surface area is 134 Å². The molecular weight excluding hydrogens is 408 g/mol. The molecular formula is C9H14F3IN6S. The van der Waals surface area contributed by atoms with Gasteiger partial charge in [-0.05, 0) is 0 Å². The van der Waals surface area contributed by atoms with Gasteiger partial charge >= 0.3 is 6.18 Å². The number of H-pyrrole nitrogens is 1. The highest BCUT2D eigenvalue weighted by Crippen LogP contribution is 2.25. The van der Waals surface area contributed by atoms with Crippen molar-refractivity contribution in [3.8, 4) is 0 Å². The monoisotopic (exact) mass is 422 g/mol. The number of hydrogen-bond acceptors (Lipinski definition) is 4. The second-order valence-corrected chi connectivity index (χ2v) is 5.10. The van der Waals surface area contributed by atoms with E-state index in [4.69, 9.17) is 5.73 Å². The van der Waals surface area contributed by atoms with E-state index < -0.39 is 12.0 Å². The number of rotatable bonds is 2. The molecule has 0 unspecified atom stereocenters. The van der Waals surface area contributed by atoms with Crippen molar-refractivity contribution in [2.45, 2.75) is 12.7 Å². The lowest BCUT2D eigenvalue weighted by atomic mass is 10.5. The summed E-state index contributed by atoms with van der Waals surface area (Å²) in [5, 5.41) is 5.29. The Morgan fingerprint density at radius 3 is 2.60 bits per heavy atom. The normalized spacial score (nSPS) is 16.9. The van der Waals surface area contributed by atoms with Gasteiger partial charge in [-0.2, -0.15) is 24.9 Å². The predicted molar refractivity (Wildman–Crippen MR) is 81.0 cm³/mol. The first-order chi connectivity index (χ1) is 8.97. The van der Waals surface area contributed by atoms with Gasteiger partial charge in [0, 0.05) is 24.6 Å². The highest BCUT2D eigenvalue weighted by molar-refractivity contribution is 14.0. The Morgan fingerprint density at radius 1 is 1.40 bits per heavy atom. The van der Waals surface area contributed by atoms with Crippen molar-refractivity contribution in [2.24, 2.45) is 10.7 Å². The molecule has 0 bridgehead atoms. The van der Waals surface area contributed by atoms with Crippen LogP contribution < -0.4 is 5.73 Å². The molecule has 0 atom stereocenters. The molecule has 0 aliphatic carbocycles. The molecule has 0 saturated carbocycles. The Hall–Kier alpha value is -0.720. The third-order valence-corrected chi connectivity index (χ3v) is 3.45. The lowest BCUT2D eigenvalue weighted by Crippen LogP contribution is -2.42. The molecule has 1 fully saturated rings. The SMILES string of the molecule is I.NC(=NCc1nc(C(F)(F)F)n[nH]1)N1CCSCC1. The topological polar surface area (TPSA) is 83.2 Å². The van der Waals surface area contributed by atoms with Crippen LogP contribution >= 0.6 is 35.7 Å². The number of thioether (sulfide) groups is 1. The third-order valence-electron chi connectivity index (χ3n) is 2.51. The van der Waals surface area contributed by atoms with Gasteiger partial charge < -0.3 is 10.6 Å². The van der Waals surface area contributed by atoms with E-state index in [1.165, 1.54) is 0 Å². The van der Waals surface area contributed by atoms with Crippen molar-refractivity contribution in [3.63, 3.8) is 0 Å². The molecule has 0 aromatic carbocycles. The summed E-state index contributed by atoms with van der Waals surface area (Å²) in [4.78, 5) is 9.25. The van der Waals surface area contributed by atoms with E-state index in [9.17, 15) is 13.2 Å². The molecule has 1 aliphatic rings. The second-order valence-electron chi connectivity index (χ2n) is 3.88. The first kappa shape index (κ1) is 17.3. The number of halogens is 4. The summed E-state index contributed by atoms with van der Waals surface area (Å²) in [7, 11) is 0. The molecule has 1 aromatic heterocycles. The van der Waals surface area contributed by atoms with E-state index in [0.717, 1.165) is 24.6 Å². The summed E-state index contributed by atoms with van der Waals surface area (Å²) in [5.41, 5.74) is 5.77. The fourth-order valence-corrected chi connectivity index (χ4v) is 2.44. The maximum absolute atomic E-state index is 12.3. The van der Waals surface area contributed by atoms with Crippen LogP contribution in [0.1, 0.15) is 11.6 Å². The zero-order valence-electron chi connectivity index (χ0n) is 10.4. The summed E-state index contributed by atoms with van der Waals surface area (Å²) < 4.78 is 36.8. The molecule has 2 heterocycles. The van der Waals surface area contributed by atoms with E-state index in [1.807, 2.05) is 16.7 Å². The van der Waals surface area contributed by atoms with E-state index in [2.05, 4.69) is 20.2 Å². The zero-order valence-corrected chi connectivity index (χ0v) is 13.5. The highest BCUT2D eigenvalue weighted by atomic mass is 127. The number of alkyl halides is 3. The Kier molecular flexibility index (Phi) is 6.36. The minimum Gasteiger partial charge on any atom is -0.370 e. The van der Waals surface area contributed by atoms with E-state index in [0.29, 0.717) is 5.96 Å². The number of aromatic nitrogens is 3. The van der Waals surface area contributed by atoms with Gasteiger partial charge in [0.05, 0.1) is 0 Å². The fraction of sp³-hybridized carbons (Fsp3) is 0.667. The largest absolute Gasteiger partial charge is 0.453 e. The van der Waals surface area contributed by atoms with Gasteiger partial charge in [0.1, 0.15) is 12.4 Å². The molecule has 6 nitrogen and oxygen atoms in total. The molecule has 0 radical (unpaired) electrons. The minimum absolute atomic E-state index is 0. The van der Waals surface area contributed by atoms with Gasteiger partial charge in [-0.15, -0.1) is 29.1 Å². The van der Waals surface area contributed by atoms with Gasteiger partial charge in [0.15, 0.2) is 5.96 Å². The molecule has 1 aliphatic heterocycles. The maximum Gasteiger partial charge on any atom is 0.453 e. The van der Waals surface area contributed by atoms with Crippen molar-refractivity contribution in [3.05, 3.63) is 11.6 Å². The molecule has 3 N–H and O–H groups in total. The van der Waals surface area contributed by atoms with Gasteiger partial charge in [0.2, 0.25) is 0 Å². The summed E-state index contributed by atoms with van der Waals surface area (Å²) >= 11 is 1.83. The van der Waals surface area contributed by atoms with Crippen molar-refractivity contribution >= 4 is 41.7 Å². The molecule has 20 heavy (non-hydrogen) atoms. The zero-order chi connectivity index (χ0) is 13.9. The molecule has 11 heteroatoms. The first-order valence-corrected chi connectivity index (χ1v) is 6.73. The number of guanidine groups is 1. The van der Waals surface area contributed by atoms with E-state index in [-0.39, 0.29) is 36.3 Å². The number of nitrogens with one attached hydrogen (secondary N) is 1. The summed E-state index contributed by atoms with van der Waals surface area (Å²) in [6, 6.07) is 0. The smallest absolute Gasteiger partial charge is 0.370 e. The molecule has 0 spiro atoms. The van der Waals surface area contributed by atoms with Crippen LogP contribution in [0.5, 0.6) is 0 Å². The number of aliphatic imine (C=N–C) groups is 1. The first-order valence-electron chi connectivity index (χ1n) is 5.58. The van der Waals surface area contributed by atoms with Crippen LogP contribution in [0.25, 0.3) is 0 Å². The van der Waals surface area contributed by atoms with Gasteiger partial charge in [-0.25, -0.2) is 9.98 Å². The lowest BCUT2D eigenvalue weighted by molar-refractivity contribution is -0.144. The lowest BCUT2D eigenvalue weighted by Gasteiger charge is -2.27. The summed E-state index contributed by atoms with van der Waals surface area (Å²) in [5.74, 6) is 1.12. The quantitative estimate of drug-likeness (QED) is 0.427. The van der Waals surface area contributed by atoms with Crippen LogP contribution in [-0.4, -0.2) is 50.6 Å². The van der Waals surface area contributed by atoms with E-state index in [1.54, 1.807) is 0 Å². The van der Waals surface area contributed by atoms with Crippen LogP contribution in [0.2, 0.25) is 0 Å². The molecule has 2 rings (SSSR count). The highest BCUT2D eigenvalue weighted by Gasteiger charge is 2.35. The maximum atomic E-state index is 12.3. The molecule has 114 valence electrons. The Morgan fingerprint density at radius 2 is 2.05 bits per heavy atom. The van der Waals surface area contributed by atoms with Crippen molar-refractivity contribution in [2.75, 3.05) is 24.6 Å². The van der Waals surface area contributed by atoms with Crippen molar-refractivity contribution < 1.29 is 13.2 Å². The molecule has 1 saturated heterocycles. The average Bonchev–Trinajstić information content (AvgIpc) is 2.86. The van der Waals surface area contributed by atoms with Crippen LogP contribution in [0.3, 0.4) is 0 Å². The minimum atomic E-state index is -4.55. The van der Waals surface area contributed by atoms with Gasteiger partial charge in [-0.3, -0.25) is 5.10 Å². The predicted octanol–water partition coefficient (Wildman–Crippen LogP) is 1.31.